The fourth-order valence-corrected chi connectivity index (χ4v) is 1.49. The van der Waals surface area contributed by atoms with Gasteiger partial charge in [0.2, 0.25) is 0 Å². The standard InChI is InChI=1S/C11H15ClN2/c1-7(2)11(14-13)9-4-5-10(12)8(3)6-9/h4-6,11,14H,1,13H2,2-3H3. The van der Waals surface area contributed by atoms with E-state index in [1.54, 1.807) is 0 Å². The summed E-state index contributed by atoms with van der Waals surface area (Å²) in [5.74, 6) is 5.45. The van der Waals surface area contributed by atoms with Crippen molar-refractivity contribution in [2.75, 3.05) is 0 Å². The van der Waals surface area contributed by atoms with Crippen molar-refractivity contribution in [3.8, 4) is 0 Å². The minimum atomic E-state index is -0.00836. The molecular weight excluding hydrogens is 196 g/mol. The number of hydrogen-bond acceptors (Lipinski definition) is 2. The number of nitrogens with one attached hydrogen (secondary N) is 1. The molecule has 0 aliphatic heterocycles. The Balaban J connectivity index is 3.06. The number of hydrogen-bond donors (Lipinski definition) is 2. The van der Waals surface area contributed by atoms with Gasteiger partial charge in [-0.2, -0.15) is 0 Å². The molecule has 0 fully saturated rings. The quantitative estimate of drug-likeness (QED) is 0.458. The Morgan fingerprint density at radius 2 is 2.21 bits per heavy atom. The molecule has 3 heteroatoms. The lowest BCUT2D eigenvalue weighted by atomic mass is 10.00. The molecule has 1 rings (SSSR count). The van der Waals surface area contributed by atoms with E-state index in [9.17, 15) is 0 Å². The van der Waals surface area contributed by atoms with Gasteiger partial charge in [-0.05, 0) is 31.0 Å². The van der Waals surface area contributed by atoms with Crippen LogP contribution < -0.4 is 11.3 Å². The molecule has 0 aliphatic carbocycles. The molecule has 0 saturated heterocycles. The molecule has 1 aromatic rings. The van der Waals surface area contributed by atoms with Crippen LogP contribution in [-0.4, -0.2) is 0 Å². The third kappa shape index (κ3) is 2.35. The summed E-state index contributed by atoms with van der Waals surface area (Å²) in [6.45, 7) is 7.79. The average molecular weight is 211 g/mol. The Labute approximate surface area is 89.7 Å². The van der Waals surface area contributed by atoms with E-state index in [1.807, 2.05) is 32.0 Å². The molecule has 3 N–H and O–H groups in total. The number of benzene rings is 1. The highest BCUT2D eigenvalue weighted by Crippen LogP contribution is 2.23. The van der Waals surface area contributed by atoms with Gasteiger partial charge in [0.25, 0.3) is 0 Å². The van der Waals surface area contributed by atoms with E-state index in [1.165, 1.54) is 0 Å². The summed E-state index contributed by atoms with van der Waals surface area (Å²) < 4.78 is 0. The molecule has 0 saturated carbocycles. The lowest BCUT2D eigenvalue weighted by molar-refractivity contribution is 0.627. The highest BCUT2D eigenvalue weighted by molar-refractivity contribution is 6.31. The minimum Gasteiger partial charge on any atom is -0.271 e. The van der Waals surface area contributed by atoms with E-state index in [4.69, 9.17) is 17.4 Å². The summed E-state index contributed by atoms with van der Waals surface area (Å²) in [7, 11) is 0. The van der Waals surface area contributed by atoms with Crippen molar-refractivity contribution in [1.82, 2.24) is 5.43 Å². The molecule has 0 aromatic heterocycles. The van der Waals surface area contributed by atoms with E-state index in [0.29, 0.717) is 0 Å². The van der Waals surface area contributed by atoms with Gasteiger partial charge in [0.15, 0.2) is 0 Å². The molecule has 2 nitrogen and oxygen atoms in total. The van der Waals surface area contributed by atoms with E-state index in [2.05, 4.69) is 12.0 Å². The van der Waals surface area contributed by atoms with Gasteiger partial charge in [0.1, 0.15) is 0 Å². The van der Waals surface area contributed by atoms with Crippen molar-refractivity contribution in [1.29, 1.82) is 0 Å². The molecule has 1 atom stereocenters. The molecule has 76 valence electrons. The highest BCUT2D eigenvalue weighted by Gasteiger charge is 2.10. The molecule has 14 heavy (non-hydrogen) atoms. The predicted octanol–water partition coefficient (Wildman–Crippen LogP) is 2.73. The SMILES string of the molecule is C=C(C)C(NN)c1ccc(Cl)c(C)c1. The maximum absolute atomic E-state index is 5.93. The molecule has 1 aromatic carbocycles. The number of hydrazine groups is 1. The monoisotopic (exact) mass is 210 g/mol. The highest BCUT2D eigenvalue weighted by atomic mass is 35.5. The lowest BCUT2D eigenvalue weighted by Gasteiger charge is -2.17. The number of nitrogens with two attached hydrogens (primary N) is 1. The second kappa shape index (κ2) is 4.60. The smallest absolute Gasteiger partial charge is 0.0664 e. The first-order chi connectivity index (χ1) is 6.56. The number of halogens is 1. The average Bonchev–Trinajstić information content (AvgIpc) is 2.11. The predicted molar refractivity (Wildman–Crippen MR) is 61.1 cm³/mol. The van der Waals surface area contributed by atoms with E-state index >= 15 is 0 Å². The van der Waals surface area contributed by atoms with Gasteiger partial charge < -0.3 is 0 Å². The van der Waals surface area contributed by atoms with Gasteiger partial charge in [-0.15, -0.1) is 0 Å². The zero-order valence-electron chi connectivity index (χ0n) is 8.47. The molecule has 0 bridgehead atoms. The first-order valence-electron chi connectivity index (χ1n) is 4.44. The van der Waals surface area contributed by atoms with Crippen molar-refractivity contribution in [3.63, 3.8) is 0 Å². The van der Waals surface area contributed by atoms with E-state index in [-0.39, 0.29) is 6.04 Å². The Morgan fingerprint density at radius 1 is 1.57 bits per heavy atom. The van der Waals surface area contributed by atoms with Crippen LogP contribution in [0.5, 0.6) is 0 Å². The first-order valence-corrected chi connectivity index (χ1v) is 4.81. The van der Waals surface area contributed by atoms with Crippen LogP contribution in [0.1, 0.15) is 24.1 Å². The van der Waals surface area contributed by atoms with Crippen molar-refractivity contribution in [3.05, 3.63) is 46.5 Å². The van der Waals surface area contributed by atoms with Crippen molar-refractivity contribution in [2.45, 2.75) is 19.9 Å². The molecule has 0 amide bonds. The summed E-state index contributed by atoms with van der Waals surface area (Å²) in [5, 5.41) is 0.770. The maximum atomic E-state index is 5.93. The van der Waals surface area contributed by atoms with Gasteiger partial charge in [0.05, 0.1) is 6.04 Å². The number of aryl methyl sites for hydroxylation is 1. The van der Waals surface area contributed by atoms with Crippen LogP contribution >= 0.6 is 11.6 Å². The van der Waals surface area contributed by atoms with Crippen LogP contribution in [0.15, 0.2) is 30.4 Å². The second-order valence-corrected chi connectivity index (χ2v) is 3.86. The third-order valence-corrected chi connectivity index (χ3v) is 2.60. The summed E-state index contributed by atoms with van der Waals surface area (Å²) in [5.41, 5.74) is 5.83. The summed E-state index contributed by atoms with van der Waals surface area (Å²) in [4.78, 5) is 0. The van der Waals surface area contributed by atoms with Crippen LogP contribution in [0, 0.1) is 6.92 Å². The second-order valence-electron chi connectivity index (χ2n) is 3.45. The van der Waals surface area contributed by atoms with Gasteiger partial charge in [-0.3, -0.25) is 5.84 Å². The van der Waals surface area contributed by atoms with E-state index in [0.717, 1.165) is 21.7 Å². The zero-order chi connectivity index (χ0) is 10.7. The fourth-order valence-electron chi connectivity index (χ4n) is 1.37. The zero-order valence-corrected chi connectivity index (χ0v) is 9.23. The van der Waals surface area contributed by atoms with Crippen molar-refractivity contribution in [2.24, 2.45) is 5.84 Å². The first kappa shape index (κ1) is 11.2. The summed E-state index contributed by atoms with van der Waals surface area (Å²) in [6.07, 6.45) is 0. The van der Waals surface area contributed by atoms with Gasteiger partial charge >= 0.3 is 0 Å². The topological polar surface area (TPSA) is 38.0 Å². The lowest BCUT2D eigenvalue weighted by Crippen LogP contribution is -2.28. The van der Waals surface area contributed by atoms with Crippen LogP contribution in [0.4, 0.5) is 0 Å². The van der Waals surface area contributed by atoms with Crippen molar-refractivity contribution >= 4 is 11.6 Å². The molecular formula is C11H15ClN2. The van der Waals surface area contributed by atoms with Crippen LogP contribution in [0.3, 0.4) is 0 Å². The summed E-state index contributed by atoms with van der Waals surface area (Å²) in [6, 6.07) is 5.83. The molecule has 0 heterocycles. The van der Waals surface area contributed by atoms with Gasteiger partial charge in [-0.1, -0.05) is 35.9 Å². The summed E-state index contributed by atoms with van der Waals surface area (Å²) >= 11 is 5.93. The number of rotatable bonds is 3. The fraction of sp³-hybridized carbons (Fsp3) is 0.273. The Morgan fingerprint density at radius 3 is 2.64 bits per heavy atom. The maximum Gasteiger partial charge on any atom is 0.0664 e. The Bertz CT molecular complexity index is 347. The van der Waals surface area contributed by atoms with Crippen LogP contribution in [-0.2, 0) is 0 Å². The van der Waals surface area contributed by atoms with Crippen LogP contribution in [0.25, 0.3) is 0 Å². The largest absolute Gasteiger partial charge is 0.271 e. The minimum absolute atomic E-state index is 0.00836. The molecule has 1 unspecified atom stereocenters. The van der Waals surface area contributed by atoms with Gasteiger partial charge in [-0.25, -0.2) is 5.43 Å². The third-order valence-electron chi connectivity index (χ3n) is 2.17. The van der Waals surface area contributed by atoms with Crippen LogP contribution in [0.2, 0.25) is 5.02 Å². The van der Waals surface area contributed by atoms with Crippen molar-refractivity contribution < 1.29 is 0 Å². The normalized spacial score (nSPS) is 12.6. The van der Waals surface area contributed by atoms with Gasteiger partial charge in [0, 0.05) is 5.02 Å². The van der Waals surface area contributed by atoms with E-state index < -0.39 is 0 Å². The Kier molecular flexibility index (Phi) is 3.69. The molecule has 0 spiro atoms. The Hall–Kier alpha value is -0.830. The molecule has 0 radical (unpaired) electrons. The molecule has 0 aliphatic rings.